The van der Waals surface area contributed by atoms with Gasteiger partial charge in [0.05, 0.1) is 11.6 Å². The van der Waals surface area contributed by atoms with E-state index in [2.05, 4.69) is 18.0 Å². The van der Waals surface area contributed by atoms with E-state index in [4.69, 9.17) is 0 Å². The molecule has 1 heterocycles. The lowest BCUT2D eigenvalue weighted by molar-refractivity contribution is -0.130. The first-order valence-electron chi connectivity index (χ1n) is 7.25. The smallest absolute Gasteiger partial charge is 0.148 e. The molecule has 1 aromatic rings. The van der Waals surface area contributed by atoms with E-state index in [9.17, 15) is 4.79 Å². The maximum absolute atomic E-state index is 12.9. The predicted molar refractivity (Wildman–Crippen MR) is 71.5 cm³/mol. The summed E-state index contributed by atoms with van der Waals surface area (Å²) >= 11 is 0. The van der Waals surface area contributed by atoms with E-state index in [1.165, 1.54) is 18.4 Å². The molecule has 2 heteroatoms. The van der Waals surface area contributed by atoms with Crippen LogP contribution in [0.15, 0.2) is 18.3 Å². The lowest BCUT2D eigenvalue weighted by atomic mass is 9.73. The molecule has 1 saturated carbocycles. The summed E-state index contributed by atoms with van der Waals surface area (Å²) in [6.07, 6.45) is 9.49. The second-order valence-electron chi connectivity index (χ2n) is 5.84. The Morgan fingerprint density at radius 1 is 1.44 bits per heavy atom. The van der Waals surface area contributed by atoms with Crippen LogP contribution in [0, 0.1) is 5.41 Å². The number of hydrogen-bond acceptors (Lipinski definition) is 2. The van der Waals surface area contributed by atoms with Gasteiger partial charge in [-0.1, -0.05) is 25.8 Å². The molecule has 0 radical (unpaired) electrons. The molecular weight excluding hydrogens is 222 g/mol. The second kappa shape index (κ2) is 4.49. The molecule has 0 aliphatic heterocycles. The van der Waals surface area contributed by atoms with Crippen molar-refractivity contribution in [3.63, 3.8) is 0 Å². The highest BCUT2D eigenvalue weighted by molar-refractivity contribution is 5.91. The van der Waals surface area contributed by atoms with E-state index in [1.807, 2.05) is 12.3 Å². The standard InChI is InChI=1S/C16H21NO/c1-2-16(9-3-4-10-16)15(18)13-8-7-12-6-5-11-17-14(12)13/h5-6,11,13H,2-4,7-10H2,1H3. The van der Waals surface area contributed by atoms with Crippen LogP contribution in [0.5, 0.6) is 0 Å². The van der Waals surface area contributed by atoms with Crippen LogP contribution in [-0.2, 0) is 11.2 Å². The largest absolute Gasteiger partial charge is 0.298 e. The summed E-state index contributed by atoms with van der Waals surface area (Å²) in [5, 5.41) is 0. The molecule has 2 aliphatic rings. The first-order valence-corrected chi connectivity index (χ1v) is 7.25. The minimum Gasteiger partial charge on any atom is -0.298 e. The summed E-state index contributed by atoms with van der Waals surface area (Å²) in [6.45, 7) is 2.18. The first-order chi connectivity index (χ1) is 8.77. The Labute approximate surface area is 109 Å². The second-order valence-corrected chi connectivity index (χ2v) is 5.84. The van der Waals surface area contributed by atoms with Gasteiger partial charge in [-0.3, -0.25) is 9.78 Å². The molecule has 0 bridgehead atoms. The van der Waals surface area contributed by atoms with Crippen LogP contribution < -0.4 is 0 Å². The molecule has 18 heavy (non-hydrogen) atoms. The molecule has 2 aliphatic carbocycles. The predicted octanol–water partition coefficient (Wildman–Crippen LogP) is 3.65. The van der Waals surface area contributed by atoms with Gasteiger partial charge in [-0.05, 0) is 43.7 Å². The Hall–Kier alpha value is -1.18. The number of ketones is 1. The van der Waals surface area contributed by atoms with E-state index >= 15 is 0 Å². The van der Waals surface area contributed by atoms with Crippen molar-refractivity contribution >= 4 is 5.78 Å². The zero-order valence-corrected chi connectivity index (χ0v) is 11.1. The van der Waals surface area contributed by atoms with E-state index < -0.39 is 0 Å². The van der Waals surface area contributed by atoms with Crippen molar-refractivity contribution in [3.05, 3.63) is 29.6 Å². The molecule has 0 saturated heterocycles. The number of carbonyl (C=O) groups excluding carboxylic acids is 1. The molecular formula is C16H21NO. The molecule has 1 unspecified atom stereocenters. The van der Waals surface area contributed by atoms with Gasteiger partial charge in [0.2, 0.25) is 0 Å². The van der Waals surface area contributed by atoms with Crippen LogP contribution in [0.3, 0.4) is 0 Å². The molecule has 1 atom stereocenters. The van der Waals surface area contributed by atoms with Crippen LogP contribution in [0.4, 0.5) is 0 Å². The van der Waals surface area contributed by atoms with Gasteiger partial charge in [-0.2, -0.15) is 0 Å². The van der Waals surface area contributed by atoms with E-state index in [1.54, 1.807) is 0 Å². The average Bonchev–Trinajstić information content (AvgIpc) is 3.05. The third-order valence-electron chi connectivity index (χ3n) is 5.04. The maximum Gasteiger partial charge on any atom is 0.148 e. The van der Waals surface area contributed by atoms with Gasteiger partial charge in [0.1, 0.15) is 5.78 Å². The van der Waals surface area contributed by atoms with Gasteiger partial charge in [-0.15, -0.1) is 0 Å². The quantitative estimate of drug-likeness (QED) is 0.811. The van der Waals surface area contributed by atoms with Crippen LogP contribution in [0.25, 0.3) is 0 Å². The van der Waals surface area contributed by atoms with Crippen molar-refractivity contribution in [1.29, 1.82) is 0 Å². The van der Waals surface area contributed by atoms with Crippen LogP contribution in [-0.4, -0.2) is 10.8 Å². The topological polar surface area (TPSA) is 30.0 Å². The number of carbonyl (C=O) groups is 1. The van der Waals surface area contributed by atoms with Crippen molar-refractivity contribution in [1.82, 2.24) is 4.98 Å². The Balaban J connectivity index is 1.90. The number of hydrogen-bond donors (Lipinski definition) is 0. The maximum atomic E-state index is 12.9. The number of nitrogens with zero attached hydrogens (tertiary/aromatic N) is 1. The van der Waals surface area contributed by atoms with Crippen molar-refractivity contribution in [2.75, 3.05) is 0 Å². The Morgan fingerprint density at radius 3 is 2.94 bits per heavy atom. The third kappa shape index (κ3) is 1.70. The molecule has 1 aromatic heterocycles. The Morgan fingerprint density at radius 2 is 2.22 bits per heavy atom. The highest BCUT2D eigenvalue weighted by atomic mass is 16.1. The van der Waals surface area contributed by atoms with Crippen LogP contribution in [0.2, 0.25) is 0 Å². The number of fused-ring (bicyclic) bond motifs is 1. The molecule has 0 amide bonds. The van der Waals surface area contributed by atoms with E-state index in [0.717, 1.165) is 37.8 Å². The Bertz CT molecular complexity index is 460. The van der Waals surface area contributed by atoms with Crippen molar-refractivity contribution in [3.8, 4) is 0 Å². The minimum atomic E-state index is -0.0240. The molecule has 0 aromatic carbocycles. The highest BCUT2D eigenvalue weighted by Gasteiger charge is 2.44. The zero-order chi connectivity index (χ0) is 12.6. The third-order valence-corrected chi connectivity index (χ3v) is 5.04. The normalized spacial score (nSPS) is 25.1. The molecule has 0 N–H and O–H groups in total. The lowest BCUT2D eigenvalue weighted by Crippen LogP contribution is -2.31. The summed E-state index contributed by atoms with van der Waals surface area (Å²) in [5.41, 5.74) is 2.34. The summed E-state index contributed by atoms with van der Waals surface area (Å²) in [6, 6.07) is 4.11. The van der Waals surface area contributed by atoms with Gasteiger partial charge >= 0.3 is 0 Å². The fourth-order valence-corrected chi connectivity index (χ4v) is 3.86. The van der Waals surface area contributed by atoms with Gasteiger partial charge in [0.15, 0.2) is 0 Å². The van der Waals surface area contributed by atoms with Crippen LogP contribution >= 0.6 is 0 Å². The highest BCUT2D eigenvalue weighted by Crippen LogP contribution is 2.47. The molecule has 3 rings (SSSR count). The summed E-state index contributed by atoms with van der Waals surface area (Å²) in [4.78, 5) is 17.4. The van der Waals surface area contributed by atoms with E-state index in [-0.39, 0.29) is 11.3 Å². The molecule has 1 fully saturated rings. The lowest BCUT2D eigenvalue weighted by Gasteiger charge is -2.28. The van der Waals surface area contributed by atoms with Gasteiger partial charge in [0, 0.05) is 11.6 Å². The zero-order valence-electron chi connectivity index (χ0n) is 11.1. The number of aryl methyl sites for hydroxylation is 1. The van der Waals surface area contributed by atoms with Crippen molar-refractivity contribution < 1.29 is 4.79 Å². The first kappa shape index (κ1) is 11.9. The summed E-state index contributed by atoms with van der Waals surface area (Å²) in [5.74, 6) is 0.569. The monoisotopic (exact) mass is 243 g/mol. The number of rotatable bonds is 3. The number of pyridine rings is 1. The van der Waals surface area contributed by atoms with Gasteiger partial charge in [0.25, 0.3) is 0 Å². The molecule has 2 nitrogen and oxygen atoms in total. The molecule has 96 valence electrons. The number of aromatic nitrogens is 1. The average molecular weight is 243 g/mol. The Kier molecular flexibility index (Phi) is 2.96. The SMILES string of the molecule is CCC1(C(=O)C2CCc3cccnc32)CCCC1. The van der Waals surface area contributed by atoms with E-state index in [0.29, 0.717) is 5.78 Å². The summed E-state index contributed by atoms with van der Waals surface area (Å²) < 4.78 is 0. The van der Waals surface area contributed by atoms with Crippen LogP contribution in [0.1, 0.15) is 62.6 Å². The molecule has 0 spiro atoms. The fraction of sp³-hybridized carbons (Fsp3) is 0.625. The number of Topliss-reactive ketones (excluding diaryl/α,β-unsaturated/α-hetero) is 1. The van der Waals surface area contributed by atoms with Gasteiger partial charge in [-0.25, -0.2) is 0 Å². The fourth-order valence-electron chi connectivity index (χ4n) is 3.86. The van der Waals surface area contributed by atoms with Crippen molar-refractivity contribution in [2.45, 2.75) is 57.8 Å². The minimum absolute atomic E-state index is 0.0240. The van der Waals surface area contributed by atoms with Gasteiger partial charge < -0.3 is 0 Å². The van der Waals surface area contributed by atoms with Crippen molar-refractivity contribution in [2.24, 2.45) is 5.41 Å². The summed E-state index contributed by atoms with van der Waals surface area (Å²) in [7, 11) is 0.